The smallest absolute Gasteiger partial charge is 0.0230 e. The lowest BCUT2D eigenvalue weighted by molar-refractivity contribution is 0.422. The van der Waals surface area contributed by atoms with E-state index in [9.17, 15) is 0 Å². The van der Waals surface area contributed by atoms with Crippen LogP contribution in [0.2, 0.25) is 0 Å². The van der Waals surface area contributed by atoms with E-state index in [1.165, 1.54) is 18.4 Å². The fraction of sp³-hybridized carbons (Fsp3) is 0.667. The Morgan fingerprint density at radius 3 is 2.46 bits per heavy atom. The second-order valence-corrected chi connectivity index (χ2v) is 4.55. The number of allylic oxidation sites excluding steroid dienone is 3. The van der Waals surface area contributed by atoms with E-state index in [0.29, 0.717) is 5.92 Å². The van der Waals surface area contributed by atoms with E-state index >= 15 is 0 Å². The maximum atomic E-state index is 2.37. The standard InChI is InChI=1S/C12H21I/c1-5-6-11(3)12(4)9-10(2)7-8-13/h7-9,11-12H,5-6H2,1-4H3/b8-7-,10-9+/t11-,12-/m0/s1. The van der Waals surface area contributed by atoms with Crippen LogP contribution in [0.25, 0.3) is 0 Å². The van der Waals surface area contributed by atoms with Crippen LogP contribution in [0, 0.1) is 11.8 Å². The zero-order valence-corrected chi connectivity index (χ0v) is 11.3. The van der Waals surface area contributed by atoms with Crippen molar-refractivity contribution < 1.29 is 0 Å². The van der Waals surface area contributed by atoms with E-state index in [1.807, 2.05) is 0 Å². The van der Waals surface area contributed by atoms with Gasteiger partial charge in [0, 0.05) is 0 Å². The second kappa shape index (κ2) is 7.60. The molecule has 0 aliphatic carbocycles. The van der Waals surface area contributed by atoms with Crippen LogP contribution < -0.4 is 0 Å². The van der Waals surface area contributed by atoms with Crippen LogP contribution in [0.4, 0.5) is 0 Å². The number of halogens is 1. The van der Waals surface area contributed by atoms with Crippen LogP contribution in [0.5, 0.6) is 0 Å². The molecule has 0 N–H and O–H groups in total. The molecule has 1 heteroatoms. The van der Waals surface area contributed by atoms with E-state index in [2.05, 4.69) is 66.5 Å². The van der Waals surface area contributed by atoms with Gasteiger partial charge in [-0.05, 0) is 22.8 Å². The van der Waals surface area contributed by atoms with Crippen LogP contribution >= 0.6 is 22.6 Å². The van der Waals surface area contributed by atoms with Crippen LogP contribution in [-0.2, 0) is 0 Å². The molecular weight excluding hydrogens is 271 g/mol. The summed E-state index contributed by atoms with van der Waals surface area (Å²) in [5.74, 6) is 1.51. The van der Waals surface area contributed by atoms with Gasteiger partial charge in [-0.1, -0.05) is 73.9 Å². The summed E-state index contributed by atoms with van der Waals surface area (Å²) in [5.41, 5.74) is 1.38. The van der Waals surface area contributed by atoms with E-state index < -0.39 is 0 Å². The molecule has 76 valence electrons. The Hall–Kier alpha value is 0.210. The number of hydrogen-bond acceptors (Lipinski definition) is 0. The van der Waals surface area contributed by atoms with E-state index in [0.717, 1.165) is 5.92 Å². The molecule has 0 nitrogen and oxygen atoms in total. The van der Waals surface area contributed by atoms with Gasteiger partial charge >= 0.3 is 0 Å². The molecule has 0 bridgehead atoms. The Morgan fingerprint density at radius 2 is 2.00 bits per heavy atom. The summed E-state index contributed by atoms with van der Waals surface area (Å²) in [7, 11) is 0. The molecule has 0 aromatic carbocycles. The van der Waals surface area contributed by atoms with Gasteiger partial charge in [-0.3, -0.25) is 0 Å². The molecule has 0 saturated heterocycles. The van der Waals surface area contributed by atoms with Crippen LogP contribution in [0.1, 0.15) is 40.5 Å². The van der Waals surface area contributed by atoms with Gasteiger partial charge < -0.3 is 0 Å². The molecule has 0 heterocycles. The van der Waals surface area contributed by atoms with Gasteiger partial charge in [0.2, 0.25) is 0 Å². The molecule has 0 radical (unpaired) electrons. The van der Waals surface area contributed by atoms with Crippen molar-refractivity contribution in [3.8, 4) is 0 Å². The summed E-state index contributed by atoms with van der Waals surface area (Å²) >= 11 is 2.26. The van der Waals surface area contributed by atoms with Crippen molar-refractivity contribution in [3.05, 3.63) is 21.8 Å². The molecule has 2 atom stereocenters. The fourth-order valence-corrected chi connectivity index (χ4v) is 2.02. The molecule has 0 rings (SSSR count). The zero-order valence-electron chi connectivity index (χ0n) is 9.18. The summed E-state index contributed by atoms with van der Waals surface area (Å²) in [5, 5.41) is 0. The third-order valence-corrected chi connectivity index (χ3v) is 2.85. The topological polar surface area (TPSA) is 0 Å². The Labute approximate surface area is 96.6 Å². The van der Waals surface area contributed by atoms with Crippen molar-refractivity contribution in [1.29, 1.82) is 0 Å². The molecule has 0 unspecified atom stereocenters. The normalized spacial score (nSPS) is 17.8. The highest BCUT2D eigenvalue weighted by molar-refractivity contribution is 14.1. The predicted molar refractivity (Wildman–Crippen MR) is 70.2 cm³/mol. The Morgan fingerprint density at radius 1 is 1.38 bits per heavy atom. The van der Waals surface area contributed by atoms with Crippen molar-refractivity contribution in [2.75, 3.05) is 0 Å². The lowest BCUT2D eigenvalue weighted by Gasteiger charge is -2.15. The maximum Gasteiger partial charge on any atom is -0.0230 e. The van der Waals surface area contributed by atoms with E-state index in [4.69, 9.17) is 0 Å². The molecule has 0 amide bonds. The Balaban J connectivity index is 4.10. The van der Waals surface area contributed by atoms with Crippen molar-refractivity contribution >= 4 is 22.6 Å². The summed E-state index contributed by atoms with van der Waals surface area (Å²) in [4.78, 5) is 0. The molecule has 0 aliphatic rings. The summed E-state index contributed by atoms with van der Waals surface area (Å²) < 4.78 is 2.07. The van der Waals surface area contributed by atoms with Gasteiger partial charge in [0.25, 0.3) is 0 Å². The van der Waals surface area contributed by atoms with Crippen molar-refractivity contribution in [2.45, 2.75) is 40.5 Å². The van der Waals surface area contributed by atoms with Crippen LogP contribution in [-0.4, -0.2) is 0 Å². The number of rotatable bonds is 5. The fourth-order valence-electron chi connectivity index (χ4n) is 1.45. The lowest BCUT2D eigenvalue weighted by atomic mass is 9.90. The first-order valence-electron chi connectivity index (χ1n) is 5.07. The second-order valence-electron chi connectivity index (χ2n) is 3.83. The average Bonchev–Trinajstić information content (AvgIpc) is 2.05. The molecule has 0 spiro atoms. The minimum atomic E-state index is 0.701. The zero-order chi connectivity index (χ0) is 10.3. The average molecular weight is 292 g/mol. The third-order valence-electron chi connectivity index (χ3n) is 2.49. The minimum absolute atomic E-state index is 0.701. The highest BCUT2D eigenvalue weighted by atomic mass is 127. The van der Waals surface area contributed by atoms with Crippen molar-refractivity contribution in [3.63, 3.8) is 0 Å². The molecule has 13 heavy (non-hydrogen) atoms. The van der Waals surface area contributed by atoms with Gasteiger partial charge in [-0.2, -0.15) is 0 Å². The molecule has 0 aromatic heterocycles. The number of hydrogen-bond donors (Lipinski definition) is 0. The van der Waals surface area contributed by atoms with E-state index in [1.54, 1.807) is 0 Å². The highest BCUT2D eigenvalue weighted by Crippen LogP contribution is 2.19. The van der Waals surface area contributed by atoms with Crippen molar-refractivity contribution in [2.24, 2.45) is 11.8 Å². The molecule has 0 aliphatic heterocycles. The van der Waals surface area contributed by atoms with Crippen LogP contribution in [0.3, 0.4) is 0 Å². The van der Waals surface area contributed by atoms with Gasteiger partial charge in [0.15, 0.2) is 0 Å². The SMILES string of the molecule is CCC[C@H](C)[C@@H](C)/C=C(C)/C=C\I. The quantitative estimate of drug-likeness (QED) is 0.496. The van der Waals surface area contributed by atoms with Gasteiger partial charge in [-0.25, -0.2) is 0 Å². The van der Waals surface area contributed by atoms with Gasteiger partial charge in [0.1, 0.15) is 0 Å². The van der Waals surface area contributed by atoms with Gasteiger partial charge in [-0.15, -0.1) is 0 Å². The van der Waals surface area contributed by atoms with E-state index in [-0.39, 0.29) is 0 Å². The lowest BCUT2D eigenvalue weighted by Crippen LogP contribution is -2.04. The first kappa shape index (κ1) is 13.2. The monoisotopic (exact) mass is 292 g/mol. The molecule has 0 aromatic rings. The molecule has 0 saturated carbocycles. The first-order chi connectivity index (χ1) is 6.11. The molecule has 0 fully saturated rings. The Kier molecular flexibility index (Phi) is 7.72. The third kappa shape index (κ3) is 6.30. The van der Waals surface area contributed by atoms with Crippen molar-refractivity contribution in [1.82, 2.24) is 0 Å². The summed E-state index contributed by atoms with van der Waals surface area (Å²) in [6.07, 6.45) is 7.16. The van der Waals surface area contributed by atoms with Gasteiger partial charge in [0.05, 0.1) is 0 Å². The van der Waals surface area contributed by atoms with Crippen LogP contribution in [0.15, 0.2) is 21.8 Å². The largest absolute Gasteiger partial charge is 0.0785 e. The minimum Gasteiger partial charge on any atom is -0.0785 e. The summed E-state index contributed by atoms with van der Waals surface area (Å²) in [6.45, 7) is 9.07. The maximum absolute atomic E-state index is 2.37. The highest BCUT2D eigenvalue weighted by Gasteiger charge is 2.07. The summed E-state index contributed by atoms with van der Waals surface area (Å²) in [6, 6.07) is 0. The first-order valence-corrected chi connectivity index (χ1v) is 6.31. The Bertz CT molecular complexity index is 180. The predicted octanol–water partition coefficient (Wildman–Crippen LogP) is 4.95. The molecular formula is C12H21I.